The molecular weight excluding hydrogens is 314 g/mol. The zero-order chi connectivity index (χ0) is 17.5. The standard InChI is InChI=1S/C21H25NOS/c1-5-13-24-20-10-8-7-9-18(20)21(23)22-19(6-2)17-12-11-15(3)14-16(17)4/h5,7-12,14,19H,1,6,13H2,2-4H3,(H,22,23)/t19-/m0/s1. The average molecular weight is 340 g/mol. The van der Waals surface area contributed by atoms with Crippen molar-refractivity contribution >= 4 is 17.7 Å². The lowest BCUT2D eigenvalue weighted by Gasteiger charge is -2.20. The number of carbonyl (C=O) groups excluding carboxylic acids is 1. The van der Waals surface area contributed by atoms with E-state index in [-0.39, 0.29) is 11.9 Å². The Bertz CT molecular complexity index is 724. The van der Waals surface area contributed by atoms with E-state index in [9.17, 15) is 4.79 Å². The Hall–Kier alpha value is -2.00. The van der Waals surface area contributed by atoms with Crippen LogP contribution in [0.5, 0.6) is 0 Å². The van der Waals surface area contributed by atoms with Crippen molar-refractivity contribution in [3.8, 4) is 0 Å². The summed E-state index contributed by atoms with van der Waals surface area (Å²) in [6, 6.07) is 14.2. The second-order valence-electron chi connectivity index (χ2n) is 5.89. The first-order chi connectivity index (χ1) is 11.6. The van der Waals surface area contributed by atoms with E-state index in [1.54, 1.807) is 11.8 Å². The highest BCUT2D eigenvalue weighted by atomic mass is 32.2. The monoisotopic (exact) mass is 339 g/mol. The number of rotatable bonds is 7. The van der Waals surface area contributed by atoms with Crippen LogP contribution in [0.4, 0.5) is 0 Å². The van der Waals surface area contributed by atoms with E-state index in [4.69, 9.17) is 0 Å². The van der Waals surface area contributed by atoms with Gasteiger partial charge in [0.1, 0.15) is 0 Å². The van der Waals surface area contributed by atoms with Crippen molar-refractivity contribution in [1.82, 2.24) is 5.32 Å². The molecule has 2 nitrogen and oxygen atoms in total. The average Bonchev–Trinajstić information content (AvgIpc) is 2.58. The lowest BCUT2D eigenvalue weighted by atomic mass is 9.97. The number of amides is 1. The summed E-state index contributed by atoms with van der Waals surface area (Å²) in [5, 5.41) is 3.20. The van der Waals surface area contributed by atoms with Crippen LogP contribution in [-0.2, 0) is 0 Å². The fourth-order valence-electron chi connectivity index (χ4n) is 2.78. The molecule has 2 aromatic carbocycles. The summed E-state index contributed by atoms with van der Waals surface area (Å²) in [6.45, 7) is 10.0. The Labute approximate surface area is 149 Å². The molecule has 0 aliphatic rings. The highest BCUT2D eigenvalue weighted by Gasteiger charge is 2.18. The number of hydrogen-bond donors (Lipinski definition) is 1. The summed E-state index contributed by atoms with van der Waals surface area (Å²) in [6.07, 6.45) is 2.71. The van der Waals surface area contributed by atoms with Gasteiger partial charge in [0.25, 0.3) is 5.91 Å². The van der Waals surface area contributed by atoms with Gasteiger partial charge < -0.3 is 5.32 Å². The summed E-state index contributed by atoms with van der Waals surface area (Å²) in [5.74, 6) is 0.771. The van der Waals surface area contributed by atoms with Gasteiger partial charge in [-0.1, -0.05) is 48.9 Å². The van der Waals surface area contributed by atoms with Gasteiger partial charge in [-0.3, -0.25) is 4.79 Å². The number of thioether (sulfide) groups is 1. The largest absolute Gasteiger partial charge is 0.345 e. The maximum atomic E-state index is 12.8. The fraction of sp³-hybridized carbons (Fsp3) is 0.286. The first-order valence-electron chi connectivity index (χ1n) is 8.27. The molecule has 1 N–H and O–H groups in total. The minimum Gasteiger partial charge on any atom is -0.345 e. The number of carbonyl (C=O) groups is 1. The highest BCUT2D eigenvalue weighted by Crippen LogP contribution is 2.25. The summed E-state index contributed by atoms with van der Waals surface area (Å²) in [4.78, 5) is 13.8. The van der Waals surface area contributed by atoms with E-state index in [0.29, 0.717) is 0 Å². The van der Waals surface area contributed by atoms with Crippen molar-refractivity contribution in [2.24, 2.45) is 0 Å². The van der Waals surface area contributed by atoms with Crippen molar-refractivity contribution < 1.29 is 4.79 Å². The normalized spacial score (nSPS) is 11.8. The lowest BCUT2D eigenvalue weighted by molar-refractivity contribution is 0.0932. The molecule has 3 heteroatoms. The SMILES string of the molecule is C=CCSc1ccccc1C(=O)N[C@@H](CC)c1ccc(C)cc1C. The molecule has 1 atom stereocenters. The van der Waals surface area contributed by atoms with Crippen molar-refractivity contribution in [2.75, 3.05) is 5.75 Å². The lowest BCUT2D eigenvalue weighted by Crippen LogP contribution is -2.29. The van der Waals surface area contributed by atoms with Crippen molar-refractivity contribution in [1.29, 1.82) is 0 Å². The Balaban J connectivity index is 2.22. The number of aryl methyl sites for hydroxylation is 2. The van der Waals surface area contributed by atoms with Crippen LogP contribution in [0.15, 0.2) is 60.0 Å². The molecule has 0 fully saturated rings. The van der Waals surface area contributed by atoms with Crippen LogP contribution in [0.1, 0.15) is 46.4 Å². The van der Waals surface area contributed by atoms with Crippen molar-refractivity contribution in [2.45, 2.75) is 38.1 Å². The maximum Gasteiger partial charge on any atom is 0.252 e. The smallest absolute Gasteiger partial charge is 0.252 e. The Kier molecular flexibility index (Phi) is 6.68. The topological polar surface area (TPSA) is 29.1 Å². The van der Waals surface area contributed by atoms with Crippen LogP contribution in [0.3, 0.4) is 0 Å². The van der Waals surface area contributed by atoms with E-state index >= 15 is 0 Å². The van der Waals surface area contributed by atoms with Crippen LogP contribution in [-0.4, -0.2) is 11.7 Å². The van der Waals surface area contributed by atoms with Gasteiger partial charge >= 0.3 is 0 Å². The Morgan fingerprint density at radius 2 is 2.00 bits per heavy atom. The van der Waals surface area contributed by atoms with Gasteiger partial charge in [-0.2, -0.15) is 0 Å². The molecule has 2 aromatic rings. The second-order valence-corrected chi connectivity index (χ2v) is 6.95. The minimum atomic E-state index is -0.0195. The molecule has 0 unspecified atom stereocenters. The van der Waals surface area contributed by atoms with E-state index in [2.05, 4.69) is 50.9 Å². The minimum absolute atomic E-state index is 0.0195. The maximum absolute atomic E-state index is 12.8. The van der Waals surface area contributed by atoms with Gasteiger partial charge in [0.15, 0.2) is 0 Å². The summed E-state index contributed by atoms with van der Waals surface area (Å²) >= 11 is 1.63. The Morgan fingerprint density at radius 3 is 2.67 bits per heavy atom. The van der Waals surface area contributed by atoms with Gasteiger partial charge in [0, 0.05) is 10.6 Å². The number of nitrogens with one attached hydrogen (secondary N) is 1. The molecule has 2 rings (SSSR count). The van der Waals surface area contributed by atoms with Gasteiger partial charge in [0.2, 0.25) is 0 Å². The predicted molar refractivity (Wildman–Crippen MR) is 104 cm³/mol. The van der Waals surface area contributed by atoms with Crippen LogP contribution in [0, 0.1) is 13.8 Å². The van der Waals surface area contributed by atoms with E-state index < -0.39 is 0 Å². The fourth-order valence-corrected chi connectivity index (χ4v) is 3.57. The molecule has 24 heavy (non-hydrogen) atoms. The first kappa shape index (κ1) is 18.3. The molecule has 0 radical (unpaired) electrons. The molecule has 0 spiro atoms. The molecule has 0 heterocycles. The van der Waals surface area contributed by atoms with Gasteiger partial charge in [-0.25, -0.2) is 0 Å². The summed E-state index contributed by atoms with van der Waals surface area (Å²) < 4.78 is 0. The first-order valence-corrected chi connectivity index (χ1v) is 9.26. The van der Waals surface area contributed by atoms with Crippen LogP contribution in [0.2, 0.25) is 0 Å². The second kappa shape index (κ2) is 8.74. The molecule has 1 amide bonds. The molecule has 0 bridgehead atoms. The predicted octanol–water partition coefficient (Wildman–Crippen LogP) is 5.46. The molecule has 0 saturated carbocycles. The quantitative estimate of drug-likeness (QED) is 0.536. The molecule has 0 aliphatic heterocycles. The third-order valence-electron chi connectivity index (χ3n) is 4.00. The van der Waals surface area contributed by atoms with E-state index in [1.165, 1.54) is 16.7 Å². The molecule has 126 valence electrons. The number of benzene rings is 2. The third kappa shape index (κ3) is 4.51. The Morgan fingerprint density at radius 1 is 1.25 bits per heavy atom. The van der Waals surface area contributed by atoms with Gasteiger partial charge in [-0.05, 0) is 43.5 Å². The summed E-state index contributed by atoms with van der Waals surface area (Å²) in [7, 11) is 0. The van der Waals surface area contributed by atoms with Crippen LogP contribution in [0.25, 0.3) is 0 Å². The van der Waals surface area contributed by atoms with Gasteiger partial charge in [0.05, 0.1) is 11.6 Å². The number of hydrogen-bond acceptors (Lipinski definition) is 2. The summed E-state index contributed by atoms with van der Waals surface area (Å²) in [5.41, 5.74) is 4.38. The zero-order valence-corrected chi connectivity index (χ0v) is 15.5. The van der Waals surface area contributed by atoms with E-state index in [0.717, 1.165) is 22.6 Å². The zero-order valence-electron chi connectivity index (χ0n) is 14.6. The van der Waals surface area contributed by atoms with Crippen molar-refractivity contribution in [3.05, 3.63) is 77.4 Å². The molecule has 0 aliphatic carbocycles. The van der Waals surface area contributed by atoms with Crippen LogP contribution >= 0.6 is 11.8 Å². The third-order valence-corrected chi connectivity index (χ3v) is 5.07. The van der Waals surface area contributed by atoms with E-state index in [1.807, 2.05) is 30.3 Å². The molecule has 0 aromatic heterocycles. The van der Waals surface area contributed by atoms with Gasteiger partial charge in [-0.15, -0.1) is 18.3 Å². The highest BCUT2D eigenvalue weighted by molar-refractivity contribution is 7.99. The molecular formula is C21H25NOS. The molecule has 0 saturated heterocycles. The van der Waals surface area contributed by atoms with Crippen LogP contribution < -0.4 is 5.32 Å². The van der Waals surface area contributed by atoms with Crippen molar-refractivity contribution in [3.63, 3.8) is 0 Å².